The number of rotatable bonds is 4. The zero-order valence-corrected chi connectivity index (χ0v) is 15.6. The van der Waals surface area contributed by atoms with E-state index in [9.17, 15) is 9.59 Å². The molecule has 5 nitrogen and oxygen atoms in total. The Kier molecular flexibility index (Phi) is 4.81. The zero-order chi connectivity index (χ0) is 19.5. The molecular weight excluding hydrogens is 350 g/mol. The van der Waals surface area contributed by atoms with Crippen LogP contribution >= 0.6 is 0 Å². The van der Waals surface area contributed by atoms with Gasteiger partial charge in [0.25, 0.3) is 0 Å². The monoisotopic (exact) mass is 371 g/mol. The zero-order valence-electron chi connectivity index (χ0n) is 15.6. The summed E-state index contributed by atoms with van der Waals surface area (Å²) in [7, 11) is 0. The third-order valence-corrected chi connectivity index (χ3v) is 4.75. The Labute approximate surface area is 163 Å². The summed E-state index contributed by atoms with van der Waals surface area (Å²) in [5, 5.41) is 8.48. The van der Waals surface area contributed by atoms with Crippen LogP contribution < -0.4 is 16.0 Å². The summed E-state index contributed by atoms with van der Waals surface area (Å²) >= 11 is 0. The average Bonchev–Trinajstić information content (AvgIpc) is 3.04. The molecule has 0 radical (unpaired) electrons. The molecule has 0 unspecified atom stereocenters. The van der Waals surface area contributed by atoms with E-state index in [4.69, 9.17) is 0 Å². The maximum atomic E-state index is 12.3. The maximum Gasteiger partial charge on any atom is 0.319 e. The first kappa shape index (κ1) is 17.8. The third kappa shape index (κ3) is 3.88. The van der Waals surface area contributed by atoms with Gasteiger partial charge < -0.3 is 16.0 Å². The lowest BCUT2D eigenvalue weighted by Gasteiger charge is -2.10. The van der Waals surface area contributed by atoms with E-state index in [-0.39, 0.29) is 11.9 Å². The molecule has 0 aliphatic heterocycles. The molecule has 0 saturated heterocycles. The number of urea groups is 1. The first-order chi connectivity index (χ1) is 13.6. The molecule has 1 aliphatic carbocycles. The Morgan fingerprint density at radius 1 is 0.821 bits per heavy atom. The number of carbonyl (C=O) groups is 2. The van der Waals surface area contributed by atoms with Gasteiger partial charge in [0.15, 0.2) is 0 Å². The van der Waals surface area contributed by atoms with E-state index in [0.29, 0.717) is 12.2 Å². The molecular formula is C23H21N3O2. The minimum absolute atomic E-state index is 0.124. The summed E-state index contributed by atoms with van der Waals surface area (Å²) in [5.74, 6) is -0.124. The van der Waals surface area contributed by atoms with Gasteiger partial charge >= 0.3 is 6.03 Å². The van der Waals surface area contributed by atoms with Gasteiger partial charge in [-0.1, -0.05) is 42.5 Å². The van der Waals surface area contributed by atoms with Crippen LogP contribution in [-0.4, -0.2) is 11.9 Å². The predicted octanol–water partition coefficient (Wildman–Crippen LogP) is 4.54. The van der Waals surface area contributed by atoms with Gasteiger partial charge in [-0.3, -0.25) is 4.79 Å². The lowest BCUT2D eigenvalue weighted by molar-refractivity contribution is -0.114. The Bertz CT molecular complexity index is 1060. The van der Waals surface area contributed by atoms with E-state index in [2.05, 4.69) is 46.3 Å². The molecule has 4 rings (SSSR count). The van der Waals surface area contributed by atoms with E-state index in [0.717, 1.165) is 17.7 Å². The van der Waals surface area contributed by atoms with E-state index in [1.807, 2.05) is 36.4 Å². The fourth-order valence-electron chi connectivity index (χ4n) is 3.54. The van der Waals surface area contributed by atoms with Crippen LogP contribution in [0.4, 0.5) is 16.2 Å². The van der Waals surface area contributed by atoms with Gasteiger partial charge in [0, 0.05) is 24.8 Å². The van der Waals surface area contributed by atoms with Crippen molar-refractivity contribution in [2.75, 3.05) is 10.6 Å². The van der Waals surface area contributed by atoms with Gasteiger partial charge in [0.2, 0.25) is 5.91 Å². The van der Waals surface area contributed by atoms with Crippen LogP contribution in [0.5, 0.6) is 0 Å². The Morgan fingerprint density at radius 3 is 2.46 bits per heavy atom. The largest absolute Gasteiger partial charge is 0.334 e. The van der Waals surface area contributed by atoms with Crippen LogP contribution in [0.2, 0.25) is 0 Å². The third-order valence-electron chi connectivity index (χ3n) is 4.75. The number of fused-ring (bicyclic) bond motifs is 3. The molecule has 0 aromatic heterocycles. The Morgan fingerprint density at radius 2 is 1.61 bits per heavy atom. The summed E-state index contributed by atoms with van der Waals surface area (Å²) in [4.78, 5) is 23.4. The van der Waals surface area contributed by atoms with Gasteiger partial charge in [-0.25, -0.2) is 4.79 Å². The number of hydrogen-bond acceptors (Lipinski definition) is 2. The first-order valence-electron chi connectivity index (χ1n) is 9.21. The van der Waals surface area contributed by atoms with Crippen LogP contribution in [-0.2, 0) is 17.8 Å². The number of amides is 3. The fraction of sp³-hybridized carbons (Fsp3) is 0.130. The van der Waals surface area contributed by atoms with Crippen molar-refractivity contribution in [3.63, 3.8) is 0 Å². The van der Waals surface area contributed by atoms with Crippen LogP contribution in [0.15, 0.2) is 66.7 Å². The standard InChI is InChI=1S/C23H21N3O2/c1-15(27)25-19-7-4-5-16(11-19)14-24-23(28)26-20-9-10-22-18(13-20)12-17-6-2-3-8-21(17)22/h2-11,13H,12,14H2,1H3,(H,25,27)(H2,24,26,28). The molecule has 0 atom stereocenters. The van der Waals surface area contributed by atoms with Crippen molar-refractivity contribution in [3.05, 3.63) is 83.4 Å². The summed E-state index contributed by atoms with van der Waals surface area (Å²) in [5.41, 5.74) is 7.44. The molecule has 0 saturated carbocycles. The van der Waals surface area contributed by atoms with Crippen molar-refractivity contribution in [1.82, 2.24) is 5.32 Å². The van der Waals surface area contributed by atoms with Crippen LogP contribution in [0.1, 0.15) is 23.6 Å². The molecule has 3 aromatic carbocycles. The predicted molar refractivity (Wildman–Crippen MR) is 111 cm³/mol. The molecule has 28 heavy (non-hydrogen) atoms. The molecule has 3 aromatic rings. The lowest BCUT2D eigenvalue weighted by atomic mass is 10.1. The average molecular weight is 371 g/mol. The van der Waals surface area contributed by atoms with Gasteiger partial charge in [-0.05, 0) is 58.5 Å². The van der Waals surface area contributed by atoms with Crippen molar-refractivity contribution >= 4 is 23.3 Å². The van der Waals surface area contributed by atoms with Gasteiger partial charge in [0.05, 0.1) is 0 Å². The van der Waals surface area contributed by atoms with Crippen molar-refractivity contribution in [2.24, 2.45) is 0 Å². The smallest absolute Gasteiger partial charge is 0.319 e. The van der Waals surface area contributed by atoms with E-state index < -0.39 is 0 Å². The molecule has 140 valence electrons. The topological polar surface area (TPSA) is 70.2 Å². The van der Waals surface area contributed by atoms with Crippen LogP contribution in [0.3, 0.4) is 0 Å². The van der Waals surface area contributed by atoms with Crippen molar-refractivity contribution < 1.29 is 9.59 Å². The molecule has 0 fully saturated rings. The highest BCUT2D eigenvalue weighted by Gasteiger charge is 2.18. The Balaban J connectivity index is 1.37. The van der Waals surface area contributed by atoms with E-state index in [1.165, 1.54) is 29.2 Å². The highest BCUT2D eigenvalue weighted by molar-refractivity contribution is 5.91. The fourth-order valence-corrected chi connectivity index (χ4v) is 3.54. The summed E-state index contributed by atoms with van der Waals surface area (Å²) in [6, 6.07) is 21.5. The number of anilines is 2. The van der Waals surface area contributed by atoms with Crippen LogP contribution in [0.25, 0.3) is 11.1 Å². The molecule has 3 N–H and O–H groups in total. The van der Waals surface area contributed by atoms with Gasteiger partial charge in [-0.2, -0.15) is 0 Å². The van der Waals surface area contributed by atoms with E-state index in [1.54, 1.807) is 0 Å². The molecule has 1 aliphatic rings. The molecule has 3 amide bonds. The molecule has 0 bridgehead atoms. The van der Waals surface area contributed by atoms with Gasteiger partial charge in [-0.15, -0.1) is 0 Å². The minimum atomic E-state index is -0.264. The number of nitrogens with one attached hydrogen (secondary N) is 3. The number of benzene rings is 3. The lowest BCUT2D eigenvalue weighted by Crippen LogP contribution is -2.28. The second kappa shape index (κ2) is 7.56. The normalized spacial score (nSPS) is 11.3. The maximum absolute atomic E-state index is 12.3. The van der Waals surface area contributed by atoms with E-state index >= 15 is 0 Å². The van der Waals surface area contributed by atoms with Crippen molar-refractivity contribution in [2.45, 2.75) is 19.9 Å². The highest BCUT2D eigenvalue weighted by Crippen LogP contribution is 2.37. The first-order valence-corrected chi connectivity index (χ1v) is 9.21. The summed E-state index contributed by atoms with van der Waals surface area (Å²) < 4.78 is 0. The Hall–Kier alpha value is -3.60. The van der Waals surface area contributed by atoms with Crippen molar-refractivity contribution in [3.8, 4) is 11.1 Å². The molecule has 0 heterocycles. The van der Waals surface area contributed by atoms with Crippen molar-refractivity contribution in [1.29, 1.82) is 0 Å². The van der Waals surface area contributed by atoms with Crippen LogP contribution in [0, 0.1) is 0 Å². The molecule has 0 spiro atoms. The second-order valence-electron chi connectivity index (χ2n) is 6.90. The second-order valence-corrected chi connectivity index (χ2v) is 6.90. The van der Waals surface area contributed by atoms with Gasteiger partial charge in [0.1, 0.15) is 0 Å². The number of carbonyl (C=O) groups excluding carboxylic acids is 2. The minimum Gasteiger partial charge on any atom is -0.334 e. The quantitative estimate of drug-likeness (QED) is 0.493. The summed E-state index contributed by atoms with van der Waals surface area (Å²) in [6.07, 6.45) is 0.887. The molecule has 5 heteroatoms. The highest BCUT2D eigenvalue weighted by atomic mass is 16.2. The SMILES string of the molecule is CC(=O)Nc1cccc(CNC(=O)Nc2ccc3c(c2)Cc2ccccc2-3)c1. The number of hydrogen-bond donors (Lipinski definition) is 3. The summed E-state index contributed by atoms with van der Waals surface area (Å²) in [6.45, 7) is 1.84.